The summed E-state index contributed by atoms with van der Waals surface area (Å²) in [6.45, 7) is 1.93. The molecule has 0 aliphatic heterocycles. The van der Waals surface area contributed by atoms with Gasteiger partial charge in [-0.2, -0.15) is 0 Å². The van der Waals surface area contributed by atoms with Gasteiger partial charge in [0.25, 0.3) is 0 Å². The van der Waals surface area contributed by atoms with Gasteiger partial charge >= 0.3 is 0 Å². The molecule has 1 heteroatoms. The molecule has 1 nitrogen and oxygen atoms in total. The Labute approximate surface area is 79.1 Å². The van der Waals surface area contributed by atoms with Gasteiger partial charge < -0.3 is 4.79 Å². The zero-order valence-electron chi connectivity index (χ0n) is 7.81. The van der Waals surface area contributed by atoms with E-state index in [1.54, 1.807) is 0 Å². The summed E-state index contributed by atoms with van der Waals surface area (Å²) in [7, 11) is 0. The third-order valence-corrected chi connectivity index (χ3v) is 1.93. The van der Waals surface area contributed by atoms with E-state index in [1.807, 2.05) is 49.4 Å². The van der Waals surface area contributed by atoms with Crippen molar-refractivity contribution in [2.75, 3.05) is 0 Å². The number of allylic oxidation sites excluding steroid dienone is 2. The molecule has 1 rings (SSSR count). The second kappa shape index (κ2) is 5.31. The fourth-order valence-corrected chi connectivity index (χ4v) is 1.29. The van der Waals surface area contributed by atoms with Crippen LogP contribution >= 0.6 is 0 Å². The first kappa shape index (κ1) is 9.72. The van der Waals surface area contributed by atoms with Gasteiger partial charge in [-0.3, -0.25) is 0 Å². The average molecular weight is 174 g/mol. The van der Waals surface area contributed by atoms with Crippen molar-refractivity contribution in [3.8, 4) is 0 Å². The highest BCUT2D eigenvalue weighted by atomic mass is 16.1. The standard InChI is InChI=1S/C12H14O/c1-2-6-12(10-13)9-11-7-4-3-5-8-11/h2-8,10,12H,9H2,1H3/b6-2-. The highest BCUT2D eigenvalue weighted by Gasteiger charge is 2.02. The van der Waals surface area contributed by atoms with Crippen LogP contribution in [0.4, 0.5) is 0 Å². The van der Waals surface area contributed by atoms with Crippen LogP contribution in [0.3, 0.4) is 0 Å². The molecule has 0 aliphatic rings. The van der Waals surface area contributed by atoms with Crippen LogP contribution in [0.25, 0.3) is 0 Å². The quantitative estimate of drug-likeness (QED) is 0.506. The van der Waals surface area contributed by atoms with E-state index in [0.29, 0.717) is 0 Å². The smallest absolute Gasteiger partial charge is 0.127 e. The first-order valence-corrected chi connectivity index (χ1v) is 4.49. The molecule has 1 aromatic carbocycles. The van der Waals surface area contributed by atoms with Crippen LogP contribution in [0.2, 0.25) is 0 Å². The minimum atomic E-state index is 0.0207. The fourth-order valence-electron chi connectivity index (χ4n) is 1.29. The Bertz CT molecular complexity index is 274. The van der Waals surface area contributed by atoms with Crippen LogP contribution in [0.15, 0.2) is 42.5 Å². The molecule has 0 aliphatic carbocycles. The zero-order valence-corrected chi connectivity index (χ0v) is 7.81. The predicted octanol–water partition coefficient (Wildman–Crippen LogP) is 2.62. The minimum absolute atomic E-state index is 0.0207. The van der Waals surface area contributed by atoms with E-state index in [1.165, 1.54) is 5.56 Å². The van der Waals surface area contributed by atoms with Crippen molar-refractivity contribution in [1.82, 2.24) is 0 Å². The Morgan fingerprint density at radius 3 is 2.54 bits per heavy atom. The van der Waals surface area contributed by atoms with Crippen molar-refractivity contribution < 1.29 is 4.79 Å². The first-order valence-electron chi connectivity index (χ1n) is 4.49. The van der Waals surface area contributed by atoms with Crippen LogP contribution in [0.1, 0.15) is 12.5 Å². The lowest BCUT2D eigenvalue weighted by molar-refractivity contribution is -0.109. The lowest BCUT2D eigenvalue weighted by Crippen LogP contribution is -2.02. The number of carbonyl (C=O) groups excluding carboxylic acids is 1. The van der Waals surface area contributed by atoms with Crippen molar-refractivity contribution in [2.24, 2.45) is 5.92 Å². The van der Waals surface area contributed by atoms with Gasteiger partial charge in [-0.15, -0.1) is 0 Å². The lowest BCUT2D eigenvalue weighted by atomic mass is 10.0. The van der Waals surface area contributed by atoms with Gasteiger partial charge in [0.2, 0.25) is 0 Å². The highest BCUT2D eigenvalue weighted by Crippen LogP contribution is 2.07. The van der Waals surface area contributed by atoms with E-state index in [4.69, 9.17) is 0 Å². The third-order valence-electron chi connectivity index (χ3n) is 1.93. The topological polar surface area (TPSA) is 17.1 Å². The summed E-state index contributed by atoms with van der Waals surface area (Å²) < 4.78 is 0. The number of hydrogen-bond acceptors (Lipinski definition) is 1. The number of benzene rings is 1. The van der Waals surface area contributed by atoms with E-state index in [9.17, 15) is 4.79 Å². The van der Waals surface area contributed by atoms with Gasteiger partial charge in [-0.25, -0.2) is 0 Å². The largest absolute Gasteiger partial charge is 0.303 e. The lowest BCUT2D eigenvalue weighted by Gasteiger charge is -2.03. The Kier molecular flexibility index (Phi) is 3.97. The maximum absolute atomic E-state index is 10.6. The van der Waals surface area contributed by atoms with E-state index in [2.05, 4.69) is 0 Å². The number of hydrogen-bond donors (Lipinski definition) is 0. The summed E-state index contributed by atoms with van der Waals surface area (Å²) >= 11 is 0. The van der Waals surface area contributed by atoms with Crippen LogP contribution in [0, 0.1) is 5.92 Å². The molecule has 0 heterocycles. The SMILES string of the molecule is C/C=C\C(C=O)Cc1ccccc1. The average Bonchev–Trinajstić information content (AvgIpc) is 2.19. The molecule has 0 bridgehead atoms. The monoisotopic (exact) mass is 174 g/mol. The summed E-state index contributed by atoms with van der Waals surface area (Å²) in [6, 6.07) is 10.1. The van der Waals surface area contributed by atoms with Gasteiger partial charge in [0.05, 0.1) is 0 Å². The van der Waals surface area contributed by atoms with Crippen LogP contribution in [0.5, 0.6) is 0 Å². The molecule has 0 amide bonds. The Balaban J connectivity index is 2.62. The minimum Gasteiger partial charge on any atom is -0.303 e. The van der Waals surface area contributed by atoms with Crippen molar-refractivity contribution in [2.45, 2.75) is 13.3 Å². The third kappa shape index (κ3) is 3.24. The van der Waals surface area contributed by atoms with Gasteiger partial charge in [-0.1, -0.05) is 42.5 Å². The molecular formula is C12H14O. The maximum Gasteiger partial charge on any atom is 0.127 e. The van der Waals surface area contributed by atoms with E-state index < -0.39 is 0 Å². The Morgan fingerprint density at radius 1 is 1.31 bits per heavy atom. The fraction of sp³-hybridized carbons (Fsp3) is 0.250. The molecule has 1 aromatic rings. The summed E-state index contributed by atoms with van der Waals surface area (Å²) in [5.74, 6) is 0.0207. The normalized spacial score (nSPS) is 13.0. The van der Waals surface area contributed by atoms with Crippen molar-refractivity contribution in [1.29, 1.82) is 0 Å². The molecular weight excluding hydrogens is 160 g/mol. The van der Waals surface area contributed by atoms with Gasteiger partial charge in [-0.05, 0) is 18.9 Å². The zero-order chi connectivity index (χ0) is 9.52. The Hall–Kier alpha value is -1.37. The molecule has 0 radical (unpaired) electrons. The van der Waals surface area contributed by atoms with Gasteiger partial charge in [0.1, 0.15) is 6.29 Å². The van der Waals surface area contributed by atoms with Crippen molar-refractivity contribution in [3.63, 3.8) is 0 Å². The van der Waals surface area contributed by atoms with Crippen LogP contribution in [-0.4, -0.2) is 6.29 Å². The molecule has 1 unspecified atom stereocenters. The summed E-state index contributed by atoms with van der Waals surface area (Å²) in [4.78, 5) is 10.6. The summed E-state index contributed by atoms with van der Waals surface area (Å²) in [6.07, 6.45) is 5.64. The van der Waals surface area contributed by atoms with Gasteiger partial charge in [0, 0.05) is 5.92 Å². The second-order valence-electron chi connectivity index (χ2n) is 3.02. The molecule has 0 saturated heterocycles. The van der Waals surface area contributed by atoms with Crippen molar-refractivity contribution >= 4 is 6.29 Å². The Morgan fingerprint density at radius 2 is 2.00 bits per heavy atom. The number of aldehydes is 1. The molecule has 13 heavy (non-hydrogen) atoms. The van der Waals surface area contributed by atoms with Gasteiger partial charge in [0.15, 0.2) is 0 Å². The maximum atomic E-state index is 10.6. The van der Waals surface area contributed by atoms with Crippen LogP contribution < -0.4 is 0 Å². The summed E-state index contributed by atoms with van der Waals surface area (Å²) in [5.41, 5.74) is 1.21. The molecule has 0 N–H and O–H groups in total. The highest BCUT2D eigenvalue weighted by molar-refractivity contribution is 5.57. The van der Waals surface area contributed by atoms with Crippen LogP contribution in [-0.2, 0) is 11.2 Å². The van der Waals surface area contributed by atoms with E-state index >= 15 is 0 Å². The van der Waals surface area contributed by atoms with E-state index in [0.717, 1.165) is 12.7 Å². The van der Waals surface area contributed by atoms with E-state index in [-0.39, 0.29) is 5.92 Å². The molecule has 1 atom stereocenters. The number of rotatable bonds is 4. The predicted molar refractivity (Wildman–Crippen MR) is 54.5 cm³/mol. The number of carbonyl (C=O) groups is 1. The summed E-state index contributed by atoms with van der Waals surface area (Å²) in [5, 5.41) is 0. The molecule has 0 fully saturated rings. The molecule has 0 saturated carbocycles. The van der Waals surface area contributed by atoms with Crippen molar-refractivity contribution in [3.05, 3.63) is 48.0 Å². The molecule has 68 valence electrons. The molecule has 0 spiro atoms. The molecule has 0 aromatic heterocycles. The first-order chi connectivity index (χ1) is 6.36. The second-order valence-corrected chi connectivity index (χ2v) is 3.02.